The minimum Gasteiger partial charge on any atom is -0.481 e. The van der Waals surface area contributed by atoms with E-state index in [4.69, 9.17) is 5.11 Å². The Morgan fingerprint density at radius 2 is 2.26 bits per heavy atom. The molecule has 0 aliphatic carbocycles. The van der Waals surface area contributed by atoms with Gasteiger partial charge in [-0.2, -0.15) is 5.10 Å². The zero-order chi connectivity index (χ0) is 14.3. The van der Waals surface area contributed by atoms with Gasteiger partial charge in [0.2, 0.25) is 0 Å². The van der Waals surface area contributed by atoms with Crippen LogP contribution < -0.4 is 10.6 Å². The Balaban J connectivity index is 2.15. The number of nitrogens with one attached hydrogen (secondary N) is 2. The Morgan fingerprint density at radius 3 is 2.84 bits per heavy atom. The predicted molar refractivity (Wildman–Crippen MR) is 69.8 cm³/mol. The van der Waals surface area contributed by atoms with Gasteiger partial charge in [0.15, 0.2) is 0 Å². The Labute approximate surface area is 112 Å². The maximum absolute atomic E-state index is 11.5. The summed E-state index contributed by atoms with van der Waals surface area (Å²) in [7, 11) is 1.84. The predicted octanol–water partition coefficient (Wildman–Crippen LogP) is 0.515. The number of amides is 2. The van der Waals surface area contributed by atoms with Crippen molar-refractivity contribution in [2.75, 3.05) is 6.54 Å². The van der Waals surface area contributed by atoms with Crippen molar-refractivity contribution in [3.8, 4) is 0 Å². The molecule has 0 aliphatic rings. The number of carbonyl (C=O) groups excluding carboxylic acids is 1. The molecule has 7 nitrogen and oxygen atoms in total. The third kappa shape index (κ3) is 6.44. The SMILES string of the molecule is CC(CCC(=O)O)NC(=O)NCCc1ccn(C)n1. The topological polar surface area (TPSA) is 96.3 Å². The number of aliphatic carboxylic acids is 1. The summed E-state index contributed by atoms with van der Waals surface area (Å²) in [6.45, 7) is 2.27. The molecule has 3 N–H and O–H groups in total. The summed E-state index contributed by atoms with van der Waals surface area (Å²) in [6.07, 6.45) is 2.99. The molecule has 0 aliphatic heterocycles. The first-order chi connectivity index (χ1) is 8.97. The number of urea groups is 1. The zero-order valence-electron chi connectivity index (χ0n) is 11.2. The number of nitrogens with zero attached hydrogens (tertiary/aromatic N) is 2. The van der Waals surface area contributed by atoms with Crippen LogP contribution in [0.1, 0.15) is 25.5 Å². The second kappa shape index (κ2) is 7.40. The fraction of sp³-hybridized carbons (Fsp3) is 0.583. The van der Waals surface area contributed by atoms with Gasteiger partial charge in [0.1, 0.15) is 0 Å². The maximum atomic E-state index is 11.5. The quantitative estimate of drug-likeness (QED) is 0.671. The molecule has 0 radical (unpaired) electrons. The minimum atomic E-state index is -0.857. The lowest BCUT2D eigenvalue weighted by Crippen LogP contribution is -2.41. The van der Waals surface area contributed by atoms with Gasteiger partial charge in [-0.25, -0.2) is 4.79 Å². The van der Waals surface area contributed by atoms with E-state index in [1.165, 1.54) is 0 Å². The van der Waals surface area contributed by atoms with Crippen LogP contribution in [0.4, 0.5) is 4.79 Å². The molecule has 19 heavy (non-hydrogen) atoms. The highest BCUT2D eigenvalue weighted by molar-refractivity contribution is 5.74. The molecule has 7 heteroatoms. The molecule has 1 rings (SSSR count). The largest absolute Gasteiger partial charge is 0.481 e. The van der Waals surface area contributed by atoms with E-state index in [1.807, 2.05) is 19.3 Å². The van der Waals surface area contributed by atoms with Crippen molar-refractivity contribution in [1.82, 2.24) is 20.4 Å². The molecule has 0 aromatic carbocycles. The smallest absolute Gasteiger partial charge is 0.315 e. The summed E-state index contributed by atoms with van der Waals surface area (Å²) >= 11 is 0. The van der Waals surface area contributed by atoms with Crippen molar-refractivity contribution in [2.24, 2.45) is 7.05 Å². The van der Waals surface area contributed by atoms with Crippen LogP contribution in [-0.4, -0.2) is 39.5 Å². The first kappa shape index (κ1) is 15.0. The van der Waals surface area contributed by atoms with Crippen molar-refractivity contribution < 1.29 is 14.7 Å². The lowest BCUT2D eigenvalue weighted by atomic mass is 10.2. The van der Waals surface area contributed by atoms with Gasteiger partial charge < -0.3 is 15.7 Å². The van der Waals surface area contributed by atoms with Crippen LogP contribution in [0.15, 0.2) is 12.3 Å². The molecule has 0 fully saturated rings. The zero-order valence-corrected chi connectivity index (χ0v) is 11.2. The van der Waals surface area contributed by atoms with Gasteiger partial charge in [-0.1, -0.05) is 0 Å². The fourth-order valence-corrected chi connectivity index (χ4v) is 1.59. The Bertz CT molecular complexity index is 430. The lowest BCUT2D eigenvalue weighted by molar-refractivity contribution is -0.137. The van der Waals surface area contributed by atoms with E-state index in [-0.39, 0.29) is 18.5 Å². The van der Waals surface area contributed by atoms with E-state index in [0.717, 1.165) is 5.69 Å². The third-order valence-corrected chi connectivity index (χ3v) is 2.60. The van der Waals surface area contributed by atoms with Crippen LogP contribution in [0, 0.1) is 0 Å². The summed E-state index contributed by atoms with van der Waals surface area (Å²) in [5.41, 5.74) is 0.918. The first-order valence-electron chi connectivity index (χ1n) is 6.22. The van der Waals surface area contributed by atoms with Gasteiger partial charge in [-0.05, 0) is 19.4 Å². The van der Waals surface area contributed by atoms with Gasteiger partial charge in [-0.15, -0.1) is 0 Å². The Hall–Kier alpha value is -2.05. The van der Waals surface area contributed by atoms with Crippen molar-refractivity contribution in [1.29, 1.82) is 0 Å². The average molecular weight is 268 g/mol. The molecule has 1 aromatic heterocycles. The summed E-state index contributed by atoms with van der Waals surface area (Å²) in [5, 5.41) is 18.1. The second-order valence-electron chi connectivity index (χ2n) is 4.46. The van der Waals surface area contributed by atoms with Crippen molar-refractivity contribution in [2.45, 2.75) is 32.2 Å². The molecule has 0 bridgehead atoms. The number of hydrogen-bond acceptors (Lipinski definition) is 3. The van der Waals surface area contributed by atoms with E-state index in [2.05, 4.69) is 15.7 Å². The molecule has 1 unspecified atom stereocenters. The standard InChI is InChI=1S/C12H20N4O3/c1-9(3-4-11(17)18)14-12(19)13-7-5-10-6-8-16(2)15-10/h6,8-9H,3-5,7H2,1-2H3,(H,17,18)(H2,13,14,19). The number of rotatable bonds is 7. The molecule has 1 heterocycles. The highest BCUT2D eigenvalue weighted by Crippen LogP contribution is 1.96. The van der Waals surface area contributed by atoms with Gasteiger partial charge in [0, 0.05) is 38.7 Å². The highest BCUT2D eigenvalue weighted by Gasteiger charge is 2.08. The van der Waals surface area contributed by atoms with Gasteiger partial charge >= 0.3 is 12.0 Å². The summed E-state index contributed by atoms with van der Waals surface area (Å²) in [5.74, 6) is -0.857. The van der Waals surface area contributed by atoms with E-state index in [9.17, 15) is 9.59 Å². The van der Waals surface area contributed by atoms with Crippen LogP contribution in [0.25, 0.3) is 0 Å². The monoisotopic (exact) mass is 268 g/mol. The van der Waals surface area contributed by atoms with Crippen molar-refractivity contribution in [3.05, 3.63) is 18.0 Å². The van der Waals surface area contributed by atoms with Crippen LogP contribution in [0.5, 0.6) is 0 Å². The second-order valence-corrected chi connectivity index (χ2v) is 4.46. The van der Waals surface area contributed by atoms with Crippen LogP contribution in [-0.2, 0) is 18.3 Å². The number of aryl methyl sites for hydroxylation is 1. The summed E-state index contributed by atoms with van der Waals surface area (Å²) < 4.78 is 1.71. The maximum Gasteiger partial charge on any atom is 0.315 e. The van der Waals surface area contributed by atoms with E-state index < -0.39 is 5.97 Å². The highest BCUT2D eigenvalue weighted by atomic mass is 16.4. The molecular formula is C12H20N4O3. The van der Waals surface area contributed by atoms with Crippen LogP contribution >= 0.6 is 0 Å². The molecule has 106 valence electrons. The number of carboxylic acid groups (broad SMARTS) is 1. The average Bonchev–Trinajstić information content (AvgIpc) is 2.72. The lowest BCUT2D eigenvalue weighted by Gasteiger charge is -2.13. The van der Waals surface area contributed by atoms with Crippen molar-refractivity contribution in [3.63, 3.8) is 0 Å². The van der Waals surface area contributed by atoms with E-state index in [0.29, 0.717) is 19.4 Å². The summed E-state index contributed by atoms with van der Waals surface area (Å²) in [6, 6.07) is 1.45. The Kier molecular flexibility index (Phi) is 5.84. The van der Waals surface area contributed by atoms with E-state index in [1.54, 1.807) is 11.6 Å². The molecular weight excluding hydrogens is 248 g/mol. The first-order valence-corrected chi connectivity index (χ1v) is 6.22. The normalized spacial score (nSPS) is 11.9. The molecule has 0 saturated carbocycles. The van der Waals surface area contributed by atoms with Crippen molar-refractivity contribution >= 4 is 12.0 Å². The number of hydrogen-bond donors (Lipinski definition) is 3. The molecule has 0 saturated heterocycles. The van der Waals surface area contributed by atoms with Crippen LogP contribution in [0.3, 0.4) is 0 Å². The number of carbonyl (C=O) groups is 2. The third-order valence-electron chi connectivity index (χ3n) is 2.60. The summed E-state index contributed by atoms with van der Waals surface area (Å²) in [4.78, 5) is 21.9. The van der Waals surface area contributed by atoms with Crippen LogP contribution in [0.2, 0.25) is 0 Å². The van der Waals surface area contributed by atoms with Gasteiger partial charge in [0.25, 0.3) is 0 Å². The van der Waals surface area contributed by atoms with Gasteiger partial charge in [-0.3, -0.25) is 9.48 Å². The number of carboxylic acids is 1. The fourth-order valence-electron chi connectivity index (χ4n) is 1.59. The molecule has 1 aromatic rings. The molecule has 1 atom stereocenters. The minimum absolute atomic E-state index is 0.0510. The van der Waals surface area contributed by atoms with Gasteiger partial charge in [0.05, 0.1) is 5.69 Å². The Morgan fingerprint density at radius 1 is 1.53 bits per heavy atom. The molecule has 2 amide bonds. The molecule has 0 spiro atoms. The number of aromatic nitrogens is 2. The van der Waals surface area contributed by atoms with E-state index >= 15 is 0 Å².